The van der Waals surface area contributed by atoms with Gasteiger partial charge in [0.1, 0.15) is 0 Å². The number of hydrogen-bond donors (Lipinski definition) is 2. The molecule has 3 heterocycles. The molecular formula is C15H27N5O. The van der Waals surface area contributed by atoms with Crippen LogP contribution in [-0.2, 0) is 13.1 Å². The average molecular weight is 293 g/mol. The van der Waals surface area contributed by atoms with E-state index in [4.69, 9.17) is 10.8 Å². The number of nitrogens with zero attached hydrogens (tertiary/aromatic N) is 4. The van der Waals surface area contributed by atoms with Gasteiger partial charge in [0.2, 0.25) is 0 Å². The molecule has 118 valence electrons. The molecule has 3 rings (SSSR count). The van der Waals surface area contributed by atoms with E-state index in [2.05, 4.69) is 14.9 Å². The number of aliphatic hydroxyl groups excluding tert-OH is 1. The molecule has 2 saturated heterocycles. The predicted molar refractivity (Wildman–Crippen MR) is 81.8 cm³/mol. The van der Waals surface area contributed by atoms with Crippen LogP contribution < -0.4 is 5.73 Å². The van der Waals surface area contributed by atoms with E-state index >= 15 is 0 Å². The van der Waals surface area contributed by atoms with Crippen molar-refractivity contribution in [2.24, 2.45) is 5.73 Å². The standard InChI is InChI=1S/C15H27N5O/c16-14-1-5-19(6-2-14)15-3-4-18(12-15)10-13-9-17-20(11-13)7-8-21/h9,11,14-15,21H,1-8,10,12,16H2. The molecule has 6 nitrogen and oxygen atoms in total. The molecule has 2 aliphatic rings. The summed E-state index contributed by atoms with van der Waals surface area (Å²) in [7, 11) is 0. The first-order valence-corrected chi connectivity index (χ1v) is 8.09. The van der Waals surface area contributed by atoms with Crippen LogP contribution in [0.3, 0.4) is 0 Å². The first-order chi connectivity index (χ1) is 10.2. The lowest BCUT2D eigenvalue weighted by Gasteiger charge is -2.34. The molecule has 0 aromatic carbocycles. The summed E-state index contributed by atoms with van der Waals surface area (Å²) in [5, 5.41) is 13.2. The number of aliphatic hydroxyl groups is 1. The molecule has 2 fully saturated rings. The van der Waals surface area contributed by atoms with Gasteiger partial charge >= 0.3 is 0 Å². The first kappa shape index (κ1) is 15.0. The van der Waals surface area contributed by atoms with Crippen molar-refractivity contribution in [1.82, 2.24) is 19.6 Å². The molecule has 0 bridgehead atoms. The molecule has 1 aromatic heterocycles. The highest BCUT2D eigenvalue weighted by molar-refractivity contribution is 5.04. The Labute approximate surface area is 126 Å². The highest BCUT2D eigenvalue weighted by Crippen LogP contribution is 2.21. The van der Waals surface area contributed by atoms with Crippen LogP contribution in [0.4, 0.5) is 0 Å². The molecule has 1 unspecified atom stereocenters. The molecule has 1 atom stereocenters. The highest BCUT2D eigenvalue weighted by atomic mass is 16.3. The molecule has 0 spiro atoms. The van der Waals surface area contributed by atoms with Crippen molar-refractivity contribution in [2.45, 2.75) is 44.4 Å². The van der Waals surface area contributed by atoms with Crippen molar-refractivity contribution < 1.29 is 5.11 Å². The van der Waals surface area contributed by atoms with Crippen molar-refractivity contribution in [3.8, 4) is 0 Å². The van der Waals surface area contributed by atoms with Gasteiger partial charge in [-0.25, -0.2) is 0 Å². The molecule has 6 heteroatoms. The number of likely N-dealkylation sites (tertiary alicyclic amines) is 2. The van der Waals surface area contributed by atoms with Gasteiger partial charge in [-0.2, -0.15) is 5.10 Å². The first-order valence-electron chi connectivity index (χ1n) is 8.09. The second kappa shape index (κ2) is 6.87. The van der Waals surface area contributed by atoms with Crippen LogP contribution in [0.25, 0.3) is 0 Å². The number of rotatable bonds is 5. The Morgan fingerprint density at radius 3 is 2.81 bits per heavy atom. The van der Waals surface area contributed by atoms with Gasteiger partial charge in [-0.05, 0) is 32.4 Å². The van der Waals surface area contributed by atoms with Crippen molar-refractivity contribution in [3.05, 3.63) is 18.0 Å². The lowest BCUT2D eigenvalue weighted by atomic mass is 10.0. The zero-order chi connectivity index (χ0) is 14.7. The number of hydrogen-bond acceptors (Lipinski definition) is 5. The van der Waals surface area contributed by atoms with E-state index in [0.717, 1.165) is 39.0 Å². The largest absolute Gasteiger partial charge is 0.394 e. The predicted octanol–water partition coefficient (Wildman–Crippen LogP) is -0.127. The van der Waals surface area contributed by atoms with Gasteiger partial charge in [-0.1, -0.05) is 0 Å². The van der Waals surface area contributed by atoms with E-state index in [9.17, 15) is 0 Å². The monoisotopic (exact) mass is 293 g/mol. The molecule has 0 aliphatic carbocycles. The van der Waals surface area contributed by atoms with Crippen LogP contribution in [0.1, 0.15) is 24.8 Å². The Bertz CT molecular complexity index is 441. The summed E-state index contributed by atoms with van der Waals surface area (Å²) in [5.74, 6) is 0. The fourth-order valence-corrected chi connectivity index (χ4v) is 3.51. The van der Waals surface area contributed by atoms with Crippen molar-refractivity contribution in [2.75, 3.05) is 32.8 Å². The number of aromatic nitrogens is 2. The van der Waals surface area contributed by atoms with Crippen molar-refractivity contribution in [3.63, 3.8) is 0 Å². The number of nitrogens with two attached hydrogens (primary N) is 1. The highest BCUT2D eigenvalue weighted by Gasteiger charge is 2.29. The van der Waals surface area contributed by atoms with E-state index in [0.29, 0.717) is 18.6 Å². The summed E-state index contributed by atoms with van der Waals surface area (Å²) in [6, 6.07) is 1.11. The third kappa shape index (κ3) is 3.83. The van der Waals surface area contributed by atoms with E-state index in [-0.39, 0.29) is 6.61 Å². The smallest absolute Gasteiger partial charge is 0.0640 e. The minimum absolute atomic E-state index is 0.143. The maximum Gasteiger partial charge on any atom is 0.0640 e. The van der Waals surface area contributed by atoms with Crippen LogP contribution in [-0.4, -0.2) is 69.6 Å². The van der Waals surface area contributed by atoms with Crippen molar-refractivity contribution in [1.29, 1.82) is 0 Å². The molecule has 21 heavy (non-hydrogen) atoms. The topological polar surface area (TPSA) is 70.5 Å². The molecular weight excluding hydrogens is 266 g/mol. The molecule has 3 N–H and O–H groups in total. The Morgan fingerprint density at radius 2 is 2.05 bits per heavy atom. The Balaban J connectivity index is 1.47. The average Bonchev–Trinajstić information content (AvgIpc) is 3.11. The second-order valence-electron chi connectivity index (χ2n) is 6.39. The van der Waals surface area contributed by atoms with Crippen LogP contribution in [0.2, 0.25) is 0 Å². The second-order valence-corrected chi connectivity index (χ2v) is 6.39. The van der Waals surface area contributed by atoms with Gasteiger partial charge in [0.25, 0.3) is 0 Å². The summed E-state index contributed by atoms with van der Waals surface area (Å²) in [5.41, 5.74) is 7.23. The minimum Gasteiger partial charge on any atom is -0.394 e. The maximum atomic E-state index is 8.93. The molecule has 2 aliphatic heterocycles. The van der Waals surface area contributed by atoms with E-state index in [1.807, 2.05) is 17.1 Å². The molecule has 1 aromatic rings. The van der Waals surface area contributed by atoms with Gasteiger partial charge < -0.3 is 10.8 Å². The fraction of sp³-hybridized carbons (Fsp3) is 0.800. The van der Waals surface area contributed by atoms with Gasteiger partial charge in [-0.3, -0.25) is 14.5 Å². The number of piperidine rings is 1. The van der Waals surface area contributed by atoms with Crippen LogP contribution in [0, 0.1) is 0 Å². The molecule has 0 saturated carbocycles. The summed E-state index contributed by atoms with van der Waals surface area (Å²) in [6.45, 7) is 6.33. The molecule has 0 radical (unpaired) electrons. The molecule has 0 amide bonds. The zero-order valence-corrected chi connectivity index (χ0v) is 12.7. The summed E-state index contributed by atoms with van der Waals surface area (Å²) < 4.78 is 1.81. The lowest BCUT2D eigenvalue weighted by molar-refractivity contribution is 0.151. The Morgan fingerprint density at radius 1 is 1.24 bits per heavy atom. The lowest BCUT2D eigenvalue weighted by Crippen LogP contribution is -2.46. The van der Waals surface area contributed by atoms with E-state index in [1.165, 1.54) is 18.5 Å². The fourth-order valence-electron chi connectivity index (χ4n) is 3.51. The summed E-state index contributed by atoms with van der Waals surface area (Å²) in [4.78, 5) is 5.14. The van der Waals surface area contributed by atoms with E-state index < -0.39 is 0 Å². The summed E-state index contributed by atoms with van der Waals surface area (Å²) >= 11 is 0. The summed E-state index contributed by atoms with van der Waals surface area (Å²) in [6.07, 6.45) is 7.52. The van der Waals surface area contributed by atoms with Gasteiger partial charge in [-0.15, -0.1) is 0 Å². The Hall–Kier alpha value is -0.950. The normalized spacial score (nSPS) is 25.7. The minimum atomic E-state index is 0.143. The SMILES string of the molecule is NC1CCN(C2CCN(Cc3cnn(CCO)c3)C2)CC1. The third-order valence-corrected chi connectivity index (χ3v) is 4.76. The maximum absolute atomic E-state index is 8.93. The van der Waals surface area contributed by atoms with Crippen LogP contribution >= 0.6 is 0 Å². The van der Waals surface area contributed by atoms with Gasteiger partial charge in [0.05, 0.1) is 19.3 Å². The van der Waals surface area contributed by atoms with Crippen LogP contribution in [0.5, 0.6) is 0 Å². The van der Waals surface area contributed by atoms with Gasteiger partial charge in [0.15, 0.2) is 0 Å². The Kier molecular flexibility index (Phi) is 4.90. The van der Waals surface area contributed by atoms with E-state index in [1.54, 1.807) is 0 Å². The quantitative estimate of drug-likeness (QED) is 0.791. The van der Waals surface area contributed by atoms with Gasteiger partial charge in [0, 0.05) is 43.5 Å². The third-order valence-electron chi connectivity index (χ3n) is 4.76. The zero-order valence-electron chi connectivity index (χ0n) is 12.7. The van der Waals surface area contributed by atoms with Crippen molar-refractivity contribution >= 4 is 0 Å². The van der Waals surface area contributed by atoms with Crippen LogP contribution in [0.15, 0.2) is 12.4 Å².